The molecular formula is C35H47N3O4S. The van der Waals surface area contributed by atoms with Gasteiger partial charge in [-0.15, -0.1) is 11.3 Å². The summed E-state index contributed by atoms with van der Waals surface area (Å²) in [6.07, 6.45) is 5.24. The minimum atomic E-state index is -0.292. The van der Waals surface area contributed by atoms with Crippen LogP contribution < -0.4 is 14.5 Å². The molecule has 2 aromatic carbocycles. The van der Waals surface area contributed by atoms with Crippen molar-refractivity contribution in [1.82, 2.24) is 4.90 Å². The lowest BCUT2D eigenvalue weighted by Gasteiger charge is -2.38. The number of thiophene rings is 1. The van der Waals surface area contributed by atoms with E-state index in [1.54, 1.807) is 4.90 Å². The molecule has 3 heterocycles. The summed E-state index contributed by atoms with van der Waals surface area (Å²) in [6.45, 7) is 14.1. The van der Waals surface area contributed by atoms with Crippen molar-refractivity contribution >= 4 is 44.7 Å². The molecule has 0 aliphatic carbocycles. The van der Waals surface area contributed by atoms with Gasteiger partial charge in [-0.2, -0.15) is 0 Å². The van der Waals surface area contributed by atoms with Crippen LogP contribution in [0.1, 0.15) is 71.8 Å². The average molecular weight is 606 g/mol. The zero-order chi connectivity index (χ0) is 30.4. The molecule has 0 radical (unpaired) electrons. The molecule has 1 fully saturated rings. The van der Waals surface area contributed by atoms with Crippen LogP contribution in [-0.2, 0) is 19.7 Å². The third kappa shape index (κ3) is 7.52. The first-order valence-corrected chi connectivity index (χ1v) is 16.8. The Kier molecular flexibility index (Phi) is 10.3. The molecule has 5 rings (SSSR count). The minimum absolute atomic E-state index is 0.0317. The second-order valence-electron chi connectivity index (χ2n) is 12.7. The SMILES string of the molecule is CCCCC(C)C(=O)OCN1C(=O)CC(C)(C)c2ccc(OCCCCN3CCN(c4cccc5sccc45)CC3)cc21. The monoisotopic (exact) mass is 605 g/mol. The van der Waals surface area contributed by atoms with Gasteiger partial charge in [-0.3, -0.25) is 19.4 Å². The molecule has 43 heavy (non-hydrogen) atoms. The van der Waals surface area contributed by atoms with E-state index in [9.17, 15) is 9.59 Å². The van der Waals surface area contributed by atoms with E-state index in [-0.39, 0.29) is 29.9 Å². The van der Waals surface area contributed by atoms with E-state index < -0.39 is 0 Å². The summed E-state index contributed by atoms with van der Waals surface area (Å²) in [4.78, 5) is 32.4. The van der Waals surface area contributed by atoms with Crippen molar-refractivity contribution in [2.75, 3.05) is 55.9 Å². The van der Waals surface area contributed by atoms with Crippen LogP contribution in [0.3, 0.4) is 0 Å². The van der Waals surface area contributed by atoms with Crippen LogP contribution in [-0.4, -0.2) is 62.8 Å². The molecule has 232 valence electrons. The summed E-state index contributed by atoms with van der Waals surface area (Å²) < 4.78 is 13.1. The molecule has 1 unspecified atom stereocenters. The maximum Gasteiger partial charge on any atom is 0.310 e. The molecule has 1 aromatic heterocycles. The minimum Gasteiger partial charge on any atom is -0.494 e. The van der Waals surface area contributed by atoms with Crippen LogP contribution in [0.15, 0.2) is 47.8 Å². The molecule has 1 saturated heterocycles. The molecule has 2 aliphatic rings. The van der Waals surface area contributed by atoms with Gasteiger partial charge in [-0.05, 0) is 61.0 Å². The third-order valence-electron chi connectivity index (χ3n) is 8.94. The second kappa shape index (κ2) is 14.1. The van der Waals surface area contributed by atoms with Crippen molar-refractivity contribution in [3.05, 3.63) is 53.4 Å². The van der Waals surface area contributed by atoms with E-state index in [1.807, 2.05) is 30.4 Å². The topological polar surface area (TPSA) is 62.3 Å². The fourth-order valence-electron chi connectivity index (χ4n) is 6.23. The van der Waals surface area contributed by atoms with Gasteiger partial charge < -0.3 is 14.4 Å². The number of fused-ring (bicyclic) bond motifs is 2. The Labute approximate surface area is 260 Å². The first kappa shape index (κ1) is 31.3. The molecule has 1 atom stereocenters. The highest BCUT2D eigenvalue weighted by molar-refractivity contribution is 7.17. The van der Waals surface area contributed by atoms with Crippen LogP contribution in [0.25, 0.3) is 10.1 Å². The quantitative estimate of drug-likeness (QED) is 0.151. The van der Waals surface area contributed by atoms with Gasteiger partial charge >= 0.3 is 5.97 Å². The van der Waals surface area contributed by atoms with E-state index in [2.05, 4.69) is 66.3 Å². The highest BCUT2D eigenvalue weighted by Crippen LogP contribution is 2.42. The normalized spacial score (nSPS) is 17.6. The Bertz CT molecular complexity index is 1390. The van der Waals surface area contributed by atoms with E-state index in [1.165, 1.54) is 15.8 Å². The van der Waals surface area contributed by atoms with Crippen molar-refractivity contribution in [2.24, 2.45) is 5.92 Å². The number of hydrogen-bond acceptors (Lipinski definition) is 7. The van der Waals surface area contributed by atoms with Gasteiger partial charge in [0.15, 0.2) is 6.73 Å². The number of esters is 1. The van der Waals surface area contributed by atoms with Gasteiger partial charge in [0.05, 0.1) is 18.2 Å². The van der Waals surface area contributed by atoms with Gasteiger partial charge in [-0.1, -0.05) is 52.7 Å². The maximum atomic E-state index is 13.1. The highest BCUT2D eigenvalue weighted by Gasteiger charge is 2.37. The van der Waals surface area contributed by atoms with Crippen LogP contribution >= 0.6 is 11.3 Å². The zero-order valence-corrected chi connectivity index (χ0v) is 27.1. The lowest BCUT2D eigenvalue weighted by Crippen LogP contribution is -2.46. The number of piperazine rings is 1. The van der Waals surface area contributed by atoms with Crippen LogP contribution in [0.2, 0.25) is 0 Å². The predicted octanol–water partition coefficient (Wildman–Crippen LogP) is 7.22. The van der Waals surface area contributed by atoms with Gasteiger partial charge in [-0.25, -0.2) is 0 Å². The molecule has 0 spiro atoms. The molecule has 3 aromatic rings. The number of nitrogens with zero attached hydrogens (tertiary/aromatic N) is 3. The lowest BCUT2D eigenvalue weighted by atomic mass is 9.77. The van der Waals surface area contributed by atoms with Crippen molar-refractivity contribution in [1.29, 1.82) is 0 Å². The predicted molar refractivity (Wildman–Crippen MR) is 176 cm³/mol. The van der Waals surface area contributed by atoms with Crippen LogP contribution in [0.4, 0.5) is 11.4 Å². The number of unbranched alkanes of at least 4 members (excludes halogenated alkanes) is 2. The van der Waals surface area contributed by atoms with Gasteiger partial charge in [0.1, 0.15) is 5.75 Å². The molecular weight excluding hydrogens is 558 g/mol. The molecule has 0 N–H and O–H groups in total. The second-order valence-corrected chi connectivity index (χ2v) is 13.6. The number of carbonyl (C=O) groups is 2. The van der Waals surface area contributed by atoms with Crippen molar-refractivity contribution < 1.29 is 19.1 Å². The zero-order valence-electron chi connectivity index (χ0n) is 26.3. The highest BCUT2D eigenvalue weighted by atomic mass is 32.1. The summed E-state index contributed by atoms with van der Waals surface area (Å²) in [5, 5.41) is 3.55. The third-order valence-corrected chi connectivity index (χ3v) is 9.82. The Morgan fingerprint density at radius 2 is 1.84 bits per heavy atom. The van der Waals surface area contributed by atoms with Crippen LogP contribution in [0.5, 0.6) is 5.75 Å². The summed E-state index contributed by atoms with van der Waals surface area (Å²) in [7, 11) is 0. The van der Waals surface area contributed by atoms with E-state index >= 15 is 0 Å². The van der Waals surface area contributed by atoms with Crippen molar-refractivity contribution in [3.63, 3.8) is 0 Å². The Balaban J connectivity index is 1.09. The smallest absolute Gasteiger partial charge is 0.310 e. The molecule has 0 saturated carbocycles. The molecule has 0 bridgehead atoms. The molecule has 7 nitrogen and oxygen atoms in total. The number of hydrogen-bond donors (Lipinski definition) is 0. The summed E-state index contributed by atoms with van der Waals surface area (Å²) in [5.74, 6) is 0.292. The number of carbonyl (C=O) groups excluding carboxylic acids is 2. The Hall–Kier alpha value is -3.10. The van der Waals surface area contributed by atoms with E-state index in [4.69, 9.17) is 9.47 Å². The van der Waals surface area contributed by atoms with Crippen molar-refractivity contribution in [3.8, 4) is 5.75 Å². The Morgan fingerprint density at radius 1 is 1.02 bits per heavy atom. The maximum absolute atomic E-state index is 13.1. The summed E-state index contributed by atoms with van der Waals surface area (Å²) >= 11 is 1.81. The summed E-state index contributed by atoms with van der Waals surface area (Å²) in [5.41, 5.74) is 2.92. The number of benzene rings is 2. The van der Waals surface area contributed by atoms with E-state index in [0.717, 1.165) is 81.8 Å². The average Bonchev–Trinajstić information content (AvgIpc) is 3.49. The fourth-order valence-corrected chi connectivity index (χ4v) is 7.04. The van der Waals surface area contributed by atoms with E-state index in [0.29, 0.717) is 13.0 Å². The number of amides is 1. The molecule has 1 amide bonds. The Morgan fingerprint density at radius 3 is 2.63 bits per heavy atom. The van der Waals surface area contributed by atoms with Crippen molar-refractivity contribution in [2.45, 2.75) is 71.6 Å². The number of anilines is 2. The largest absolute Gasteiger partial charge is 0.494 e. The first-order chi connectivity index (χ1) is 20.8. The first-order valence-electron chi connectivity index (χ1n) is 15.9. The van der Waals surface area contributed by atoms with Gasteiger partial charge in [0.25, 0.3) is 0 Å². The molecule has 8 heteroatoms. The number of rotatable bonds is 13. The lowest BCUT2D eigenvalue weighted by molar-refractivity contribution is -0.148. The number of ether oxygens (including phenoxy) is 2. The summed E-state index contributed by atoms with van der Waals surface area (Å²) in [6, 6.07) is 14.9. The van der Waals surface area contributed by atoms with Crippen LogP contribution in [0, 0.1) is 5.92 Å². The fraction of sp³-hybridized carbons (Fsp3) is 0.543. The molecule has 2 aliphatic heterocycles. The standard InChI is InChI=1S/C35H47N3O4S/c1-5-6-10-26(2)34(40)42-25-38-31-23-27(13-14-29(31)35(3,4)24-33(38)39)41-21-8-7-16-36-17-19-37(20-18-36)30-11-9-12-32-28(30)15-22-43-32/h9,11-15,22-23,26H,5-8,10,16-21,24-25H2,1-4H3. The van der Waals surface area contributed by atoms with Gasteiger partial charge in [0, 0.05) is 59.9 Å². The van der Waals surface area contributed by atoms with Gasteiger partial charge in [0.2, 0.25) is 5.91 Å².